The summed E-state index contributed by atoms with van der Waals surface area (Å²) in [7, 11) is 0. The third kappa shape index (κ3) is 4.04. The first-order valence-electron chi connectivity index (χ1n) is 7.14. The molecule has 1 atom stereocenters. The number of aromatic nitrogens is 2. The lowest BCUT2D eigenvalue weighted by Crippen LogP contribution is -2.11. The summed E-state index contributed by atoms with van der Waals surface area (Å²) in [5.41, 5.74) is 0.725. The van der Waals surface area contributed by atoms with E-state index in [0.717, 1.165) is 5.56 Å². The fourth-order valence-corrected chi connectivity index (χ4v) is 1.79. The largest absolute Gasteiger partial charge is 0.485 e. The molecule has 2 rings (SSSR count). The van der Waals surface area contributed by atoms with Crippen LogP contribution < -0.4 is 4.74 Å². The summed E-state index contributed by atoms with van der Waals surface area (Å²) >= 11 is 0. The van der Waals surface area contributed by atoms with E-state index in [2.05, 4.69) is 10.1 Å². The van der Waals surface area contributed by atoms with Crippen molar-refractivity contribution in [3.63, 3.8) is 0 Å². The lowest BCUT2D eigenvalue weighted by atomic mass is 9.97. The summed E-state index contributed by atoms with van der Waals surface area (Å²) in [6.45, 7) is 8.25. The molecule has 0 saturated carbocycles. The van der Waals surface area contributed by atoms with Crippen molar-refractivity contribution in [1.29, 1.82) is 0 Å². The fraction of sp³-hybridized carbons (Fsp3) is 0.500. The molecule has 0 radical (unpaired) electrons. The quantitative estimate of drug-likeness (QED) is 0.914. The predicted molar refractivity (Wildman–Crippen MR) is 79.0 cm³/mol. The molecule has 5 nitrogen and oxygen atoms in total. The van der Waals surface area contributed by atoms with Crippen molar-refractivity contribution in [2.75, 3.05) is 0 Å². The van der Waals surface area contributed by atoms with Gasteiger partial charge in [0.15, 0.2) is 6.61 Å². The van der Waals surface area contributed by atoms with Crippen molar-refractivity contribution in [2.45, 2.75) is 52.2 Å². The standard InChI is InChI=1S/C16H22N2O3/c1-5-13(19)11-6-8-12(9-7-11)20-10-14-17-15(21-18-14)16(2,3)4/h6-9,13,19H,5,10H2,1-4H3. The molecule has 0 aliphatic heterocycles. The van der Waals surface area contributed by atoms with E-state index >= 15 is 0 Å². The molecule has 0 bridgehead atoms. The van der Waals surface area contributed by atoms with Crippen LogP contribution in [0.15, 0.2) is 28.8 Å². The maximum atomic E-state index is 9.73. The highest BCUT2D eigenvalue weighted by molar-refractivity contribution is 5.28. The molecule has 0 spiro atoms. The smallest absolute Gasteiger partial charge is 0.232 e. The van der Waals surface area contributed by atoms with Crippen LogP contribution in [-0.2, 0) is 12.0 Å². The molecule has 0 amide bonds. The van der Waals surface area contributed by atoms with Gasteiger partial charge in [-0.15, -0.1) is 0 Å². The second-order valence-electron chi connectivity index (χ2n) is 6.05. The summed E-state index contributed by atoms with van der Waals surface area (Å²) in [5, 5.41) is 13.6. The van der Waals surface area contributed by atoms with E-state index in [1.807, 2.05) is 52.0 Å². The maximum Gasteiger partial charge on any atom is 0.232 e. The second kappa shape index (κ2) is 6.26. The number of hydrogen-bond donors (Lipinski definition) is 1. The SMILES string of the molecule is CCC(O)c1ccc(OCc2noc(C(C)(C)C)n2)cc1. The van der Waals surface area contributed by atoms with Crippen molar-refractivity contribution >= 4 is 0 Å². The van der Waals surface area contributed by atoms with Gasteiger partial charge in [-0.05, 0) is 24.1 Å². The van der Waals surface area contributed by atoms with Crippen LogP contribution in [-0.4, -0.2) is 15.2 Å². The topological polar surface area (TPSA) is 68.4 Å². The Morgan fingerprint density at radius 2 is 1.90 bits per heavy atom. The van der Waals surface area contributed by atoms with Gasteiger partial charge in [0.1, 0.15) is 5.75 Å². The van der Waals surface area contributed by atoms with Gasteiger partial charge in [-0.25, -0.2) is 0 Å². The molecule has 1 aromatic heterocycles. The number of ether oxygens (including phenoxy) is 1. The molecular formula is C16H22N2O3. The van der Waals surface area contributed by atoms with E-state index < -0.39 is 6.10 Å². The lowest BCUT2D eigenvalue weighted by Gasteiger charge is -2.10. The normalized spacial score (nSPS) is 13.2. The van der Waals surface area contributed by atoms with Crippen molar-refractivity contribution < 1.29 is 14.4 Å². The highest BCUT2D eigenvalue weighted by Crippen LogP contribution is 2.22. The molecular weight excluding hydrogens is 268 g/mol. The zero-order valence-corrected chi connectivity index (χ0v) is 13.0. The van der Waals surface area contributed by atoms with Crippen LogP contribution in [0.5, 0.6) is 5.75 Å². The van der Waals surface area contributed by atoms with E-state index in [0.29, 0.717) is 23.9 Å². The predicted octanol–water partition coefficient (Wildman–Crippen LogP) is 3.39. The van der Waals surface area contributed by atoms with Gasteiger partial charge in [0, 0.05) is 5.41 Å². The van der Waals surface area contributed by atoms with Gasteiger partial charge in [-0.3, -0.25) is 0 Å². The minimum Gasteiger partial charge on any atom is -0.485 e. The van der Waals surface area contributed by atoms with Crippen LogP contribution in [0.3, 0.4) is 0 Å². The van der Waals surface area contributed by atoms with Gasteiger partial charge in [0.2, 0.25) is 11.7 Å². The molecule has 0 fully saturated rings. The Kier molecular flexibility index (Phi) is 4.63. The van der Waals surface area contributed by atoms with Gasteiger partial charge in [0.25, 0.3) is 0 Å². The van der Waals surface area contributed by atoms with Crippen molar-refractivity contribution in [2.24, 2.45) is 0 Å². The molecule has 1 aromatic carbocycles. The fourth-order valence-electron chi connectivity index (χ4n) is 1.79. The first-order valence-corrected chi connectivity index (χ1v) is 7.14. The molecule has 1 N–H and O–H groups in total. The zero-order chi connectivity index (χ0) is 15.5. The lowest BCUT2D eigenvalue weighted by molar-refractivity contribution is 0.173. The third-order valence-corrected chi connectivity index (χ3v) is 3.13. The van der Waals surface area contributed by atoms with Crippen LogP contribution in [0.25, 0.3) is 0 Å². The van der Waals surface area contributed by atoms with E-state index in [9.17, 15) is 5.11 Å². The average Bonchev–Trinajstić information content (AvgIpc) is 2.94. The first kappa shape index (κ1) is 15.5. The average molecular weight is 290 g/mol. The van der Waals surface area contributed by atoms with E-state index in [1.54, 1.807) is 0 Å². The molecule has 0 aliphatic carbocycles. The van der Waals surface area contributed by atoms with E-state index in [-0.39, 0.29) is 12.0 Å². The van der Waals surface area contributed by atoms with Crippen LogP contribution in [0.2, 0.25) is 0 Å². The van der Waals surface area contributed by atoms with Crippen molar-refractivity contribution in [3.05, 3.63) is 41.5 Å². The minimum atomic E-state index is -0.425. The Hall–Kier alpha value is -1.88. The number of nitrogens with zero attached hydrogens (tertiary/aromatic N) is 2. The number of aliphatic hydroxyl groups is 1. The van der Waals surface area contributed by atoms with Crippen molar-refractivity contribution in [3.8, 4) is 5.75 Å². The summed E-state index contributed by atoms with van der Waals surface area (Å²) in [4.78, 5) is 4.31. The molecule has 21 heavy (non-hydrogen) atoms. The van der Waals surface area contributed by atoms with E-state index in [4.69, 9.17) is 9.26 Å². The molecule has 1 unspecified atom stereocenters. The number of aliphatic hydroxyl groups excluding tert-OH is 1. The third-order valence-electron chi connectivity index (χ3n) is 3.13. The maximum absolute atomic E-state index is 9.73. The van der Waals surface area contributed by atoms with Crippen LogP contribution in [0.4, 0.5) is 0 Å². The zero-order valence-electron chi connectivity index (χ0n) is 13.0. The van der Waals surface area contributed by atoms with Crippen LogP contribution >= 0.6 is 0 Å². The molecule has 114 valence electrons. The summed E-state index contributed by atoms with van der Waals surface area (Å²) in [5.74, 6) is 1.84. The Balaban J connectivity index is 1.95. The summed E-state index contributed by atoms with van der Waals surface area (Å²) in [6, 6.07) is 7.39. The molecule has 0 saturated heterocycles. The number of hydrogen-bond acceptors (Lipinski definition) is 5. The van der Waals surface area contributed by atoms with Crippen molar-refractivity contribution in [1.82, 2.24) is 10.1 Å². The summed E-state index contributed by atoms with van der Waals surface area (Å²) in [6.07, 6.45) is 0.268. The molecule has 5 heteroatoms. The monoisotopic (exact) mass is 290 g/mol. The van der Waals surface area contributed by atoms with Gasteiger partial charge in [0.05, 0.1) is 6.10 Å². The molecule has 0 aliphatic rings. The highest BCUT2D eigenvalue weighted by Gasteiger charge is 2.21. The Labute approximate surface area is 125 Å². The highest BCUT2D eigenvalue weighted by atomic mass is 16.5. The number of rotatable bonds is 5. The van der Waals surface area contributed by atoms with E-state index in [1.165, 1.54) is 0 Å². The Bertz CT molecular complexity index is 570. The summed E-state index contributed by atoms with van der Waals surface area (Å²) < 4.78 is 10.8. The Morgan fingerprint density at radius 3 is 2.43 bits per heavy atom. The second-order valence-corrected chi connectivity index (χ2v) is 6.05. The molecule has 2 aromatic rings. The van der Waals surface area contributed by atoms with Crippen LogP contribution in [0, 0.1) is 0 Å². The number of benzene rings is 1. The minimum absolute atomic E-state index is 0.164. The first-order chi connectivity index (χ1) is 9.90. The van der Waals surface area contributed by atoms with Gasteiger partial charge < -0.3 is 14.4 Å². The van der Waals surface area contributed by atoms with Gasteiger partial charge in [-0.2, -0.15) is 4.98 Å². The van der Waals surface area contributed by atoms with Crippen LogP contribution in [0.1, 0.15) is 57.5 Å². The van der Waals surface area contributed by atoms with Gasteiger partial charge in [-0.1, -0.05) is 45.0 Å². The molecule has 1 heterocycles. The Morgan fingerprint density at radius 1 is 1.24 bits per heavy atom. The van der Waals surface area contributed by atoms with Gasteiger partial charge >= 0.3 is 0 Å².